The van der Waals surface area contributed by atoms with E-state index in [-0.39, 0.29) is 11.9 Å². The third kappa shape index (κ3) is 4.54. The molecule has 17 heavy (non-hydrogen) atoms. The van der Waals surface area contributed by atoms with E-state index in [0.717, 1.165) is 17.7 Å². The molecule has 0 saturated heterocycles. The maximum atomic E-state index is 11.0. The Balaban J connectivity index is 2.84. The highest BCUT2D eigenvalue weighted by Crippen LogP contribution is 2.18. The second kappa shape index (κ2) is 7.04. The molecule has 0 fully saturated rings. The minimum Gasteiger partial charge on any atom is -0.380 e. The zero-order chi connectivity index (χ0) is 12.7. The van der Waals surface area contributed by atoms with Gasteiger partial charge in [-0.2, -0.15) is 0 Å². The van der Waals surface area contributed by atoms with E-state index in [1.807, 2.05) is 31.2 Å². The van der Waals surface area contributed by atoms with Gasteiger partial charge in [-0.1, -0.05) is 31.2 Å². The van der Waals surface area contributed by atoms with Crippen LogP contribution in [0.5, 0.6) is 0 Å². The average molecular weight is 236 g/mol. The number of carbonyl (C=O) groups is 1. The fourth-order valence-electron chi connectivity index (χ4n) is 1.82. The third-order valence-electron chi connectivity index (χ3n) is 2.52. The predicted molar refractivity (Wildman–Crippen MR) is 67.4 cm³/mol. The first-order valence-electron chi connectivity index (χ1n) is 5.76. The second-order valence-corrected chi connectivity index (χ2v) is 3.96. The van der Waals surface area contributed by atoms with E-state index >= 15 is 0 Å². The number of hydrogen-bond donors (Lipinski definition) is 2. The van der Waals surface area contributed by atoms with Gasteiger partial charge in [-0.25, -0.2) is 0 Å². The number of nitrogens with one attached hydrogen (secondary N) is 1. The molecule has 1 aromatic carbocycles. The van der Waals surface area contributed by atoms with Crippen molar-refractivity contribution in [1.82, 2.24) is 5.32 Å². The summed E-state index contributed by atoms with van der Waals surface area (Å²) in [5.74, 6) is -0.298. The summed E-state index contributed by atoms with van der Waals surface area (Å²) >= 11 is 0. The van der Waals surface area contributed by atoms with Crippen LogP contribution in [0.4, 0.5) is 0 Å². The van der Waals surface area contributed by atoms with Crippen LogP contribution in [0.25, 0.3) is 0 Å². The molecule has 1 atom stereocenters. The van der Waals surface area contributed by atoms with E-state index in [0.29, 0.717) is 13.0 Å². The second-order valence-electron chi connectivity index (χ2n) is 3.96. The molecule has 0 radical (unpaired) electrons. The lowest BCUT2D eigenvalue weighted by molar-refractivity contribution is -0.118. The standard InChI is InChI=1S/C13H20N2O2/c1-3-15-12(8-13(14)16)11-6-4-5-10(7-11)9-17-2/h4-7,12,15H,3,8-9H2,1-2H3,(H2,14,16). The molecule has 0 spiro atoms. The average Bonchev–Trinajstić information content (AvgIpc) is 2.29. The number of primary amides is 1. The molecule has 94 valence electrons. The van der Waals surface area contributed by atoms with Gasteiger partial charge in [-0.05, 0) is 17.7 Å². The summed E-state index contributed by atoms with van der Waals surface area (Å²) < 4.78 is 5.09. The largest absolute Gasteiger partial charge is 0.380 e. The summed E-state index contributed by atoms with van der Waals surface area (Å²) in [5, 5.41) is 3.26. The van der Waals surface area contributed by atoms with E-state index in [2.05, 4.69) is 5.32 Å². The van der Waals surface area contributed by atoms with Crippen molar-refractivity contribution >= 4 is 5.91 Å². The number of hydrogen-bond acceptors (Lipinski definition) is 3. The monoisotopic (exact) mass is 236 g/mol. The van der Waals surface area contributed by atoms with Gasteiger partial charge in [-0.15, -0.1) is 0 Å². The van der Waals surface area contributed by atoms with Gasteiger partial charge in [0.1, 0.15) is 0 Å². The highest BCUT2D eigenvalue weighted by atomic mass is 16.5. The first-order chi connectivity index (χ1) is 8.17. The molecule has 0 bridgehead atoms. The Hall–Kier alpha value is -1.39. The Bertz CT molecular complexity index is 366. The van der Waals surface area contributed by atoms with Gasteiger partial charge in [0.05, 0.1) is 6.61 Å². The van der Waals surface area contributed by atoms with E-state index in [4.69, 9.17) is 10.5 Å². The molecule has 4 nitrogen and oxygen atoms in total. The van der Waals surface area contributed by atoms with Crippen molar-refractivity contribution < 1.29 is 9.53 Å². The highest BCUT2D eigenvalue weighted by molar-refractivity contribution is 5.74. The topological polar surface area (TPSA) is 64.3 Å². The summed E-state index contributed by atoms with van der Waals surface area (Å²) in [5.41, 5.74) is 7.42. The Morgan fingerprint density at radius 1 is 1.53 bits per heavy atom. The molecule has 1 amide bonds. The molecule has 0 heterocycles. The molecule has 0 aliphatic carbocycles. The van der Waals surface area contributed by atoms with Gasteiger partial charge in [0.2, 0.25) is 5.91 Å². The normalized spacial score (nSPS) is 12.4. The lowest BCUT2D eigenvalue weighted by Gasteiger charge is -2.17. The van der Waals surface area contributed by atoms with Crippen molar-refractivity contribution in [3.63, 3.8) is 0 Å². The maximum absolute atomic E-state index is 11.0. The summed E-state index contributed by atoms with van der Waals surface area (Å²) in [4.78, 5) is 11.0. The van der Waals surface area contributed by atoms with Crippen LogP contribution < -0.4 is 11.1 Å². The molecule has 0 saturated carbocycles. The van der Waals surface area contributed by atoms with Crippen LogP contribution in [-0.4, -0.2) is 19.6 Å². The van der Waals surface area contributed by atoms with Gasteiger partial charge in [0, 0.05) is 19.6 Å². The van der Waals surface area contributed by atoms with E-state index in [9.17, 15) is 4.79 Å². The van der Waals surface area contributed by atoms with Gasteiger partial charge in [0.15, 0.2) is 0 Å². The fourth-order valence-corrected chi connectivity index (χ4v) is 1.82. The maximum Gasteiger partial charge on any atom is 0.219 e. The van der Waals surface area contributed by atoms with Crippen molar-refractivity contribution in [2.75, 3.05) is 13.7 Å². The quantitative estimate of drug-likeness (QED) is 0.751. The first kappa shape index (κ1) is 13.7. The number of amides is 1. The van der Waals surface area contributed by atoms with Crippen LogP contribution >= 0.6 is 0 Å². The summed E-state index contributed by atoms with van der Waals surface area (Å²) in [7, 11) is 1.66. The van der Waals surface area contributed by atoms with Gasteiger partial charge < -0.3 is 15.8 Å². The van der Waals surface area contributed by atoms with Crippen LogP contribution in [0.3, 0.4) is 0 Å². The Morgan fingerprint density at radius 3 is 2.88 bits per heavy atom. The van der Waals surface area contributed by atoms with Crippen molar-refractivity contribution in [3.8, 4) is 0 Å². The van der Waals surface area contributed by atoms with Crippen LogP contribution in [0.15, 0.2) is 24.3 Å². The molecule has 1 unspecified atom stereocenters. The Labute approximate surface area is 102 Å². The molecule has 1 aromatic rings. The van der Waals surface area contributed by atoms with Crippen molar-refractivity contribution in [2.45, 2.75) is 26.0 Å². The van der Waals surface area contributed by atoms with Crippen LogP contribution in [-0.2, 0) is 16.1 Å². The summed E-state index contributed by atoms with van der Waals surface area (Å²) in [6.07, 6.45) is 0.310. The van der Waals surface area contributed by atoms with Crippen molar-refractivity contribution in [2.24, 2.45) is 5.73 Å². The minimum absolute atomic E-state index is 0.0192. The number of nitrogens with two attached hydrogens (primary N) is 1. The number of ether oxygens (including phenoxy) is 1. The summed E-state index contributed by atoms with van der Waals surface area (Å²) in [6, 6.07) is 7.99. The Kier molecular flexibility index (Phi) is 5.66. The van der Waals surface area contributed by atoms with Gasteiger partial charge in [-0.3, -0.25) is 4.79 Å². The van der Waals surface area contributed by atoms with Crippen molar-refractivity contribution in [3.05, 3.63) is 35.4 Å². The van der Waals surface area contributed by atoms with E-state index in [1.165, 1.54) is 0 Å². The molecule has 0 aromatic heterocycles. The molecule has 4 heteroatoms. The Morgan fingerprint density at radius 2 is 2.29 bits per heavy atom. The van der Waals surface area contributed by atoms with Crippen LogP contribution in [0.2, 0.25) is 0 Å². The highest BCUT2D eigenvalue weighted by Gasteiger charge is 2.13. The van der Waals surface area contributed by atoms with E-state index in [1.54, 1.807) is 7.11 Å². The molecule has 3 N–H and O–H groups in total. The van der Waals surface area contributed by atoms with Crippen LogP contribution in [0.1, 0.15) is 30.5 Å². The lowest BCUT2D eigenvalue weighted by Crippen LogP contribution is -2.26. The van der Waals surface area contributed by atoms with E-state index < -0.39 is 0 Å². The predicted octanol–water partition coefficient (Wildman–Crippen LogP) is 1.36. The molecule has 1 rings (SSSR count). The molecular weight excluding hydrogens is 216 g/mol. The number of carbonyl (C=O) groups excluding carboxylic acids is 1. The summed E-state index contributed by atoms with van der Waals surface area (Å²) in [6.45, 7) is 3.38. The van der Waals surface area contributed by atoms with Crippen LogP contribution in [0, 0.1) is 0 Å². The molecule has 0 aliphatic rings. The first-order valence-corrected chi connectivity index (χ1v) is 5.76. The van der Waals surface area contributed by atoms with Gasteiger partial charge in [0.25, 0.3) is 0 Å². The zero-order valence-electron chi connectivity index (χ0n) is 10.4. The zero-order valence-corrected chi connectivity index (χ0v) is 10.4. The minimum atomic E-state index is -0.298. The number of methoxy groups -OCH3 is 1. The lowest BCUT2D eigenvalue weighted by atomic mass is 10.0. The van der Waals surface area contributed by atoms with Crippen molar-refractivity contribution in [1.29, 1.82) is 0 Å². The number of rotatable bonds is 7. The molecular formula is C13H20N2O2. The van der Waals surface area contributed by atoms with Gasteiger partial charge >= 0.3 is 0 Å². The smallest absolute Gasteiger partial charge is 0.219 e. The SMILES string of the molecule is CCNC(CC(N)=O)c1cccc(COC)c1. The molecule has 0 aliphatic heterocycles. The fraction of sp³-hybridized carbons (Fsp3) is 0.462. The third-order valence-corrected chi connectivity index (χ3v) is 2.52. The number of benzene rings is 1.